The van der Waals surface area contributed by atoms with Gasteiger partial charge in [0.05, 0.1) is 25.7 Å². The third kappa shape index (κ3) is 4.04. The smallest absolute Gasteiger partial charge is 0.362 e. The van der Waals surface area contributed by atoms with Gasteiger partial charge < -0.3 is 14.3 Å². The first-order chi connectivity index (χ1) is 11.6. The fourth-order valence-electron chi connectivity index (χ4n) is 2.09. The van der Waals surface area contributed by atoms with E-state index in [2.05, 4.69) is 5.48 Å². The lowest BCUT2D eigenvalue weighted by Gasteiger charge is -2.14. The number of hydrogen-bond donors (Lipinski definition) is 1. The van der Waals surface area contributed by atoms with Crippen molar-refractivity contribution in [2.75, 3.05) is 14.2 Å². The zero-order valence-electron chi connectivity index (χ0n) is 13.7. The quantitative estimate of drug-likeness (QED) is 0.854. The van der Waals surface area contributed by atoms with Crippen molar-refractivity contribution < 1.29 is 23.9 Å². The lowest BCUT2D eigenvalue weighted by Crippen LogP contribution is -2.30. The van der Waals surface area contributed by atoms with Gasteiger partial charge in [-0.1, -0.05) is 24.3 Å². The molecule has 0 bridgehead atoms. The standard InChI is InChI=1S/C18H19NO5/c1-12(14-9-10-15(22-2)16(11-14)23-3)17(20)19-24-18(21)13-7-5-4-6-8-13/h4-12H,1-3H3,(H,19,20). The van der Waals surface area contributed by atoms with E-state index in [1.165, 1.54) is 14.2 Å². The van der Waals surface area contributed by atoms with E-state index in [0.29, 0.717) is 22.6 Å². The van der Waals surface area contributed by atoms with Gasteiger partial charge in [0, 0.05) is 0 Å². The Morgan fingerprint density at radius 2 is 1.62 bits per heavy atom. The van der Waals surface area contributed by atoms with Crippen molar-refractivity contribution in [3.05, 3.63) is 59.7 Å². The molecule has 0 heterocycles. The number of amides is 1. The molecule has 6 nitrogen and oxygen atoms in total. The molecule has 1 unspecified atom stereocenters. The van der Waals surface area contributed by atoms with Crippen molar-refractivity contribution in [2.45, 2.75) is 12.8 Å². The van der Waals surface area contributed by atoms with E-state index >= 15 is 0 Å². The Balaban J connectivity index is 2.01. The van der Waals surface area contributed by atoms with Crippen LogP contribution >= 0.6 is 0 Å². The Bertz CT molecular complexity index is 715. The van der Waals surface area contributed by atoms with Crippen LogP contribution in [0.5, 0.6) is 11.5 Å². The number of methoxy groups -OCH3 is 2. The molecule has 24 heavy (non-hydrogen) atoms. The van der Waals surface area contributed by atoms with Crippen LogP contribution in [0, 0.1) is 0 Å². The molecule has 1 atom stereocenters. The van der Waals surface area contributed by atoms with E-state index in [1.807, 2.05) is 0 Å². The summed E-state index contributed by atoms with van der Waals surface area (Å²) in [5.41, 5.74) is 3.25. The van der Waals surface area contributed by atoms with Crippen molar-refractivity contribution in [1.29, 1.82) is 0 Å². The number of carbonyl (C=O) groups excluding carboxylic acids is 2. The summed E-state index contributed by atoms with van der Waals surface area (Å²) in [6.45, 7) is 1.70. The van der Waals surface area contributed by atoms with Crippen LogP contribution in [0.2, 0.25) is 0 Å². The second kappa shape index (κ2) is 8.01. The number of rotatable bonds is 5. The average Bonchev–Trinajstić information content (AvgIpc) is 2.65. The zero-order valence-corrected chi connectivity index (χ0v) is 13.7. The SMILES string of the molecule is COc1ccc(C(C)C(=O)NOC(=O)c2ccccc2)cc1OC. The Labute approximate surface area is 140 Å². The Hall–Kier alpha value is -3.02. The predicted octanol–water partition coefficient (Wildman–Crippen LogP) is 2.70. The molecule has 0 aliphatic rings. The summed E-state index contributed by atoms with van der Waals surface area (Å²) >= 11 is 0. The van der Waals surface area contributed by atoms with E-state index in [0.717, 1.165) is 0 Å². The van der Waals surface area contributed by atoms with Crippen LogP contribution in [0.1, 0.15) is 28.8 Å². The van der Waals surface area contributed by atoms with Crippen LogP contribution in [0.15, 0.2) is 48.5 Å². The van der Waals surface area contributed by atoms with Crippen molar-refractivity contribution in [1.82, 2.24) is 5.48 Å². The summed E-state index contributed by atoms with van der Waals surface area (Å²) in [6, 6.07) is 13.6. The van der Waals surface area contributed by atoms with Gasteiger partial charge >= 0.3 is 5.97 Å². The molecular weight excluding hydrogens is 310 g/mol. The van der Waals surface area contributed by atoms with Gasteiger partial charge in [0.1, 0.15) is 0 Å². The van der Waals surface area contributed by atoms with Gasteiger partial charge in [-0.3, -0.25) is 4.79 Å². The molecule has 0 spiro atoms. The highest BCUT2D eigenvalue weighted by Crippen LogP contribution is 2.30. The normalized spacial score (nSPS) is 11.3. The molecule has 0 aliphatic heterocycles. The van der Waals surface area contributed by atoms with Gasteiger partial charge in [0.25, 0.3) is 5.91 Å². The molecule has 1 amide bonds. The fraction of sp³-hybridized carbons (Fsp3) is 0.222. The topological polar surface area (TPSA) is 73.9 Å². The first kappa shape index (κ1) is 17.3. The largest absolute Gasteiger partial charge is 0.493 e. The van der Waals surface area contributed by atoms with Gasteiger partial charge in [-0.05, 0) is 36.8 Å². The molecule has 0 fully saturated rings. The molecular formula is C18H19NO5. The van der Waals surface area contributed by atoms with Crippen LogP contribution in [0.3, 0.4) is 0 Å². The van der Waals surface area contributed by atoms with E-state index in [4.69, 9.17) is 14.3 Å². The van der Waals surface area contributed by atoms with Gasteiger partial charge in [0.2, 0.25) is 0 Å². The van der Waals surface area contributed by atoms with E-state index in [-0.39, 0.29) is 0 Å². The number of hydroxylamine groups is 1. The van der Waals surface area contributed by atoms with Crippen LogP contribution in [-0.2, 0) is 9.63 Å². The minimum atomic E-state index is -0.622. The number of ether oxygens (including phenoxy) is 2. The second-order valence-corrected chi connectivity index (χ2v) is 5.06. The average molecular weight is 329 g/mol. The lowest BCUT2D eigenvalue weighted by atomic mass is 10.0. The zero-order chi connectivity index (χ0) is 17.5. The van der Waals surface area contributed by atoms with Gasteiger partial charge in [0.15, 0.2) is 11.5 Å². The summed E-state index contributed by atoms with van der Waals surface area (Å²) in [6.07, 6.45) is 0. The molecule has 0 saturated carbocycles. The number of benzene rings is 2. The van der Waals surface area contributed by atoms with Crippen LogP contribution in [0.25, 0.3) is 0 Å². The van der Waals surface area contributed by atoms with Gasteiger partial charge in [-0.15, -0.1) is 0 Å². The van der Waals surface area contributed by atoms with Crippen LogP contribution in [0.4, 0.5) is 0 Å². The second-order valence-electron chi connectivity index (χ2n) is 5.06. The number of nitrogens with one attached hydrogen (secondary N) is 1. The van der Waals surface area contributed by atoms with E-state index in [1.54, 1.807) is 55.5 Å². The van der Waals surface area contributed by atoms with E-state index < -0.39 is 17.8 Å². The van der Waals surface area contributed by atoms with Crippen molar-refractivity contribution in [3.63, 3.8) is 0 Å². The molecule has 1 N–H and O–H groups in total. The molecule has 0 radical (unpaired) electrons. The predicted molar refractivity (Wildman–Crippen MR) is 88.0 cm³/mol. The van der Waals surface area contributed by atoms with E-state index in [9.17, 15) is 9.59 Å². The maximum Gasteiger partial charge on any atom is 0.362 e. The summed E-state index contributed by atoms with van der Waals surface area (Å²) in [5.74, 6) is -0.497. The summed E-state index contributed by atoms with van der Waals surface area (Å²) in [7, 11) is 3.06. The summed E-state index contributed by atoms with van der Waals surface area (Å²) < 4.78 is 10.4. The molecule has 0 aliphatic carbocycles. The number of carbonyl (C=O) groups is 2. The van der Waals surface area contributed by atoms with Crippen molar-refractivity contribution >= 4 is 11.9 Å². The Morgan fingerprint density at radius 1 is 0.958 bits per heavy atom. The highest BCUT2D eigenvalue weighted by atomic mass is 16.7. The Kier molecular flexibility index (Phi) is 5.78. The third-order valence-electron chi connectivity index (χ3n) is 3.55. The molecule has 0 aromatic heterocycles. The first-order valence-electron chi connectivity index (χ1n) is 7.34. The van der Waals surface area contributed by atoms with Gasteiger partial charge in [-0.2, -0.15) is 5.48 Å². The lowest BCUT2D eigenvalue weighted by molar-refractivity contribution is -0.131. The van der Waals surface area contributed by atoms with Gasteiger partial charge in [-0.25, -0.2) is 4.79 Å². The number of hydrogen-bond acceptors (Lipinski definition) is 5. The Morgan fingerprint density at radius 3 is 2.25 bits per heavy atom. The maximum atomic E-state index is 12.2. The summed E-state index contributed by atoms with van der Waals surface area (Å²) in [5, 5.41) is 0. The molecule has 0 saturated heterocycles. The molecule has 2 rings (SSSR count). The maximum absolute atomic E-state index is 12.2. The molecule has 126 valence electrons. The molecule has 2 aromatic rings. The molecule has 2 aromatic carbocycles. The minimum Gasteiger partial charge on any atom is -0.493 e. The monoisotopic (exact) mass is 329 g/mol. The first-order valence-corrected chi connectivity index (χ1v) is 7.34. The van der Waals surface area contributed by atoms with Crippen molar-refractivity contribution in [2.24, 2.45) is 0 Å². The van der Waals surface area contributed by atoms with Crippen molar-refractivity contribution in [3.8, 4) is 11.5 Å². The third-order valence-corrected chi connectivity index (χ3v) is 3.55. The molecule has 6 heteroatoms. The van der Waals surface area contributed by atoms with Crippen LogP contribution in [-0.4, -0.2) is 26.1 Å². The highest BCUT2D eigenvalue weighted by Gasteiger charge is 2.19. The minimum absolute atomic E-state index is 0.358. The summed E-state index contributed by atoms with van der Waals surface area (Å²) in [4.78, 5) is 28.8. The fourth-order valence-corrected chi connectivity index (χ4v) is 2.09. The van der Waals surface area contributed by atoms with Crippen LogP contribution < -0.4 is 15.0 Å². The highest BCUT2D eigenvalue weighted by molar-refractivity contribution is 5.91.